The number of nitrogens with zero attached hydrogens (tertiary/aromatic N) is 1. The molecule has 0 radical (unpaired) electrons. The minimum Gasteiger partial charge on any atom is -0.454 e. The first-order chi connectivity index (χ1) is 12.1. The van der Waals surface area contributed by atoms with Crippen LogP contribution < -0.4 is 9.47 Å². The van der Waals surface area contributed by atoms with Crippen molar-refractivity contribution in [3.63, 3.8) is 0 Å². The summed E-state index contributed by atoms with van der Waals surface area (Å²) in [7, 11) is 0. The third-order valence-electron chi connectivity index (χ3n) is 5.09. The summed E-state index contributed by atoms with van der Waals surface area (Å²) >= 11 is 1.70. The van der Waals surface area contributed by atoms with Crippen molar-refractivity contribution in [2.24, 2.45) is 0 Å². The molecule has 2 heterocycles. The average Bonchev–Trinajstić information content (AvgIpc) is 3.32. The van der Waals surface area contributed by atoms with Crippen LogP contribution in [0.3, 0.4) is 0 Å². The van der Waals surface area contributed by atoms with Gasteiger partial charge in [-0.1, -0.05) is 18.9 Å². The van der Waals surface area contributed by atoms with Gasteiger partial charge in [0.25, 0.3) is 5.91 Å². The molecule has 1 aromatic heterocycles. The monoisotopic (exact) mass is 357 g/mol. The molecule has 4 nitrogen and oxygen atoms in total. The zero-order valence-corrected chi connectivity index (χ0v) is 15.5. The van der Waals surface area contributed by atoms with Crippen LogP contribution in [0.4, 0.5) is 0 Å². The average molecular weight is 357 g/mol. The molecule has 1 fully saturated rings. The Kier molecular flexibility index (Phi) is 4.42. The van der Waals surface area contributed by atoms with Crippen molar-refractivity contribution >= 4 is 17.2 Å². The maximum atomic E-state index is 13.3. The van der Waals surface area contributed by atoms with Gasteiger partial charge in [0.05, 0.1) is 5.56 Å². The summed E-state index contributed by atoms with van der Waals surface area (Å²) in [6.07, 6.45) is 4.60. The summed E-state index contributed by atoms with van der Waals surface area (Å²) in [5.74, 6) is 1.72. The Bertz CT molecular complexity index is 792. The van der Waals surface area contributed by atoms with Crippen LogP contribution in [-0.4, -0.2) is 23.6 Å². The summed E-state index contributed by atoms with van der Waals surface area (Å²) in [5.41, 5.74) is 1.95. The lowest BCUT2D eigenvalue weighted by molar-refractivity contribution is 0.0664. The second-order valence-electron chi connectivity index (χ2n) is 6.89. The minimum absolute atomic E-state index is 0.159. The maximum absolute atomic E-state index is 13.3. The van der Waals surface area contributed by atoms with Gasteiger partial charge in [-0.15, -0.1) is 11.3 Å². The Morgan fingerprint density at radius 3 is 2.64 bits per heavy atom. The molecule has 0 N–H and O–H groups in total. The Morgan fingerprint density at radius 1 is 1.16 bits per heavy atom. The molecule has 0 spiro atoms. The summed E-state index contributed by atoms with van der Waals surface area (Å²) < 4.78 is 10.9. The van der Waals surface area contributed by atoms with Crippen LogP contribution in [0, 0.1) is 13.8 Å². The molecule has 1 aliphatic heterocycles. The highest BCUT2D eigenvalue weighted by atomic mass is 32.1. The van der Waals surface area contributed by atoms with Gasteiger partial charge in [0.15, 0.2) is 11.5 Å². The third-order valence-corrected chi connectivity index (χ3v) is 6.05. The summed E-state index contributed by atoms with van der Waals surface area (Å²) in [4.78, 5) is 17.6. The van der Waals surface area contributed by atoms with Crippen molar-refractivity contribution in [2.45, 2.75) is 52.1 Å². The zero-order chi connectivity index (χ0) is 17.4. The number of ether oxygens (including phenoxy) is 2. The maximum Gasteiger partial charge on any atom is 0.255 e. The minimum atomic E-state index is 0.159. The third kappa shape index (κ3) is 3.25. The highest BCUT2D eigenvalue weighted by Crippen LogP contribution is 2.34. The number of rotatable bonds is 4. The van der Waals surface area contributed by atoms with E-state index in [9.17, 15) is 4.79 Å². The molecule has 0 bridgehead atoms. The fourth-order valence-corrected chi connectivity index (χ4v) is 4.73. The molecule has 1 saturated carbocycles. The molecule has 2 aliphatic rings. The predicted octanol–water partition coefficient (Wildman–Crippen LogP) is 4.68. The van der Waals surface area contributed by atoms with Crippen LogP contribution in [-0.2, 0) is 6.54 Å². The van der Waals surface area contributed by atoms with Gasteiger partial charge in [-0.2, -0.15) is 0 Å². The van der Waals surface area contributed by atoms with Crippen molar-refractivity contribution in [2.75, 3.05) is 6.79 Å². The van der Waals surface area contributed by atoms with Crippen LogP contribution in [0.25, 0.3) is 0 Å². The number of thiophene rings is 1. The molecule has 1 aromatic carbocycles. The molecule has 5 heteroatoms. The second-order valence-corrected chi connectivity index (χ2v) is 8.35. The van der Waals surface area contributed by atoms with E-state index in [1.165, 1.54) is 17.7 Å². The lowest BCUT2D eigenvalue weighted by Gasteiger charge is -2.29. The van der Waals surface area contributed by atoms with Gasteiger partial charge in [0.1, 0.15) is 0 Å². The van der Waals surface area contributed by atoms with E-state index in [4.69, 9.17) is 9.47 Å². The quantitative estimate of drug-likeness (QED) is 0.797. The number of hydrogen-bond donors (Lipinski definition) is 0. The van der Waals surface area contributed by atoms with Crippen LogP contribution in [0.5, 0.6) is 11.5 Å². The molecule has 0 atom stereocenters. The first-order valence-electron chi connectivity index (χ1n) is 8.88. The highest BCUT2D eigenvalue weighted by molar-refractivity contribution is 7.12. The molecule has 25 heavy (non-hydrogen) atoms. The SMILES string of the molecule is Cc1cc(C(=O)N(Cc2ccc3c(c2)OCO3)C2CCCC2)c(C)s1. The molecule has 2 aromatic rings. The molecule has 1 aliphatic carbocycles. The van der Waals surface area contributed by atoms with Gasteiger partial charge in [0, 0.05) is 22.3 Å². The predicted molar refractivity (Wildman–Crippen MR) is 98.5 cm³/mol. The molecular formula is C20H23NO3S. The van der Waals surface area contributed by atoms with E-state index in [2.05, 4.69) is 11.8 Å². The van der Waals surface area contributed by atoms with Crippen LogP contribution >= 0.6 is 11.3 Å². The van der Waals surface area contributed by atoms with E-state index in [0.717, 1.165) is 40.3 Å². The fraction of sp³-hybridized carbons (Fsp3) is 0.450. The Labute approximate surface area is 152 Å². The number of aryl methyl sites for hydroxylation is 2. The van der Waals surface area contributed by atoms with Crippen molar-refractivity contribution in [3.05, 3.63) is 45.1 Å². The standard InChI is InChI=1S/C20H23NO3S/c1-13-9-17(14(2)25-13)20(22)21(16-5-3-4-6-16)11-15-7-8-18-19(10-15)24-12-23-18/h7-10,16H,3-6,11-12H2,1-2H3. The van der Waals surface area contributed by atoms with Crippen LogP contribution in [0.1, 0.15) is 51.4 Å². The van der Waals surface area contributed by atoms with Gasteiger partial charge in [-0.25, -0.2) is 0 Å². The molecule has 0 saturated heterocycles. The lowest BCUT2D eigenvalue weighted by Crippen LogP contribution is -2.38. The van der Waals surface area contributed by atoms with Gasteiger partial charge < -0.3 is 14.4 Å². The topological polar surface area (TPSA) is 38.8 Å². The molecule has 0 unspecified atom stereocenters. The van der Waals surface area contributed by atoms with E-state index in [1.54, 1.807) is 11.3 Å². The highest BCUT2D eigenvalue weighted by Gasteiger charge is 2.29. The van der Waals surface area contributed by atoms with Crippen molar-refractivity contribution in [1.29, 1.82) is 0 Å². The van der Waals surface area contributed by atoms with E-state index >= 15 is 0 Å². The lowest BCUT2D eigenvalue weighted by atomic mass is 10.1. The van der Waals surface area contributed by atoms with Gasteiger partial charge >= 0.3 is 0 Å². The number of benzene rings is 1. The van der Waals surface area contributed by atoms with Crippen molar-refractivity contribution in [3.8, 4) is 11.5 Å². The molecule has 1 amide bonds. The number of fused-ring (bicyclic) bond motifs is 1. The van der Waals surface area contributed by atoms with Crippen molar-refractivity contribution < 1.29 is 14.3 Å². The van der Waals surface area contributed by atoms with Gasteiger partial charge in [-0.05, 0) is 50.5 Å². The largest absolute Gasteiger partial charge is 0.454 e. The van der Waals surface area contributed by atoms with E-state index < -0.39 is 0 Å². The number of hydrogen-bond acceptors (Lipinski definition) is 4. The Balaban J connectivity index is 1.62. The molecule has 132 valence electrons. The zero-order valence-electron chi connectivity index (χ0n) is 14.7. The van der Waals surface area contributed by atoms with Gasteiger partial charge in [0.2, 0.25) is 6.79 Å². The first kappa shape index (κ1) is 16.5. The smallest absolute Gasteiger partial charge is 0.255 e. The number of carbonyl (C=O) groups excluding carboxylic acids is 1. The van der Waals surface area contributed by atoms with E-state index in [0.29, 0.717) is 12.6 Å². The van der Waals surface area contributed by atoms with Crippen LogP contribution in [0.15, 0.2) is 24.3 Å². The fourth-order valence-electron chi connectivity index (χ4n) is 3.82. The first-order valence-corrected chi connectivity index (χ1v) is 9.70. The summed E-state index contributed by atoms with van der Waals surface area (Å²) in [5, 5.41) is 0. The summed E-state index contributed by atoms with van der Waals surface area (Å²) in [6.45, 7) is 5.00. The molecular weight excluding hydrogens is 334 g/mol. The molecule has 4 rings (SSSR count). The van der Waals surface area contributed by atoms with Gasteiger partial charge in [-0.3, -0.25) is 4.79 Å². The summed E-state index contributed by atoms with van der Waals surface area (Å²) in [6, 6.07) is 8.34. The van der Waals surface area contributed by atoms with E-state index in [-0.39, 0.29) is 12.7 Å². The Hall–Kier alpha value is -2.01. The number of carbonyl (C=O) groups is 1. The second kappa shape index (κ2) is 6.71. The normalized spacial score (nSPS) is 16.4. The van der Waals surface area contributed by atoms with Crippen LogP contribution in [0.2, 0.25) is 0 Å². The van der Waals surface area contributed by atoms with E-state index in [1.807, 2.05) is 31.2 Å². The number of amides is 1. The van der Waals surface area contributed by atoms with Crippen molar-refractivity contribution in [1.82, 2.24) is 4.90 Å². The Morgan fingerprint density at radius 2 is 1.92 bits per heavy atom.